The maximum absolute atomic E-state index is 10.6. The molecule has 108 valence electrons. The average molecular weight is 313 g/mol. The van der Waals surface area contributed by atoms with Crippen LogP contribution < -0.4 is 0 Å². The van der Waals surface area contributed by atoms with Crippen molar-refractivity contribution in [2.75, 3.05) is 0 Å². The molecule has 1 aromatic heterocycles. The summed E-state index contributed by atoms with van der Waals surface area (Å²) >= 11 is 11.9. The maximum Gasteiger partial charge on any atom is 0.107 e. The quantitative estimate of drug-likeness (QED) is 0.906. The third kappa shape index (κ3) is 3.00. The summed E-state index contributed by atoms with van der Waals surface area (Å²) in [7, 11) is 1.85. The van der Waals surface area contributed by atoms with Gasteiger partial charge in [0.05, 0.1) is 15.7 Å². The van der Waals surface area contributed by atoms with E-state index < -0.39 is 6.10 Å². The predicted octanol–water partition coefficient (Wildman–Crippen LogP) is 4.11. The topological polar surface area (TPSA) is 38.0 Å². The van der Waals surface area contributed by atoms with Crippen molar-refractivity contribution in [3.8, 4) is 0 Å². The second-order valence-electron chi connectivity index (χ2n) is 5.93. The zero-order valence-electron chi connectivity index (χ0n) is 12.0. The molecule has 0 aliphatic heterocycles. The SMILES string of the molecule is Cn1cc(C(O)c2ccc(Cl)c(Cl)c2)c(C(C)(C)C)n1. The van der Waals surface area contributed by atoms with Crippen molar-refractivity contribution in [1.29, 1.82) is 0 Å². The minimum atomic E-state index is -0.771. The van der Waals surface area contributed by atoms with Crippen molar-refractivity contribution < 1.29 is 5.11 Å². The zero-order chi connectivity index (χ0) is 15.1. The van der Waals surface area contributed by atoms with E-state index in [1.54, 1.807) is 22.9 Å². The first-order chi connectivity index (χ1) is 9.20. The normalized spacial score (nSPS) is 13.6. The lowest BCUT2D eigenvalue weighted by atomic mass is 9.87. The number of halogens is 2. The molecule has 1 unspecified atom stereocenters. The smallest absolute Gasteiger partial charge is 0.107 e. The third-order valence-electron chi connectivity index (χ3n) is 3.12. The molecular weight excluding hydrogens is 295 g/mol. The molecule has 0 aliphatic rings. The van der Waals surface area contributed by atoms with Gasteiger partial charge in [-0.1, -0.05) is 50.0 Å². The number of benzene rings is 1. The van der Waals surface area contributed by atoms with E-state index in [0.717, 1.165) is 11.3 Å². The van der Waals surface area contributed by atoms with Gasteiger partial charge in [0.2, 0.25) is 0 Å². The highest BCUT2D eigenvalue weighted by Gasteiger charge is 2.26. The van der Waals surface area contributed by atoms with Gasteiger partial charge in [-0.05, 0) is 17.7 Å². The first kappa shape index (κ1) is 15.4. The van der Waals surface area contributed by atoms with E-state index in [1.807, 2.05) is 13.2 Å². The molecule has 0 saturated carbocycles. The molecule has 1 atom stereocenters. The fraction of sp³-hybridized carbons (Fsp3) is 0.400. The van der Waals surface area contributed by atoms with Gasteiger partial charge in [0.1, 0.15) is 6.10 Å². The first-order valence-corrected chi connectivity index (χ1v) is 7.13. The van der Waals surface area contributed by atoms with E-state index in [0.29, 0.717) is 15.6 Å². The number of aliphatic hydroxyl groups is 1. The van der Waals surface area contributed by atoms with Crippen LogP contribution in [0.15, 0.2) is 24.4 Å². The van der Waals surface area contributed by atoms with Gasteiger partial charge in [-0.25, -0.2) is 0 Å². The number of nitrogens with zero attached hydrogens (tertiary/aromatic N) is 2. The lowest BCUT2D eigenvalue weighted by Crippen LogP contribution is -2.16. The monoisotopic (exact) mass is 312 g/mol. The van der Waals surface area contributed by atoms with Crippen molar-refractivity contribution in [2.45, 2.75) is 32.3 Å². The van der Waals surface area contributed by atoms with E-state index in [2.05, 4.69) is 25.9 Å². The number of aryl methyl sites for hydroxylation is 1. The molecule has 1 aromatic carbocycles. The standard InChI is InChI=1S/C15H18Cl2N2O/c1-15(2,3)14-10(8-19(4)18-14)13(20)9-5-6-11(16)12(17)7-9/h5-8,13,20H,1-4H3. The number of hydrogen-bond donors (Lipinski definition) is 1. The van der Waals surface area contributed by atoms with E-state index in [9.17, 15) is 5.11 Å². The molecule has 3 nitrogen and oxygen atoms in total. The summed E-state index contributed by atoms with van der Waals surface area (Å²) < 4.78 is 1.72. The molecule has 2 rings (SSSR count). The first-order valence-electron chi connectivity index (χ1n) is 6.37. The molecule has 0 bridgehead atoms. The van der Waals surface area contributed by atoms with Gasteiger partial charge in [-0.2, -0.15) is 5.10 Å². The van der Waals surface area contributed by atoms with Crippen molar-refractivity contribution in [2.24, 2.45) is 7.05 Å². The van der Waals surface area contributed by atoms with Crippen LogP contribution >= 0.6 is 23.2 Å². The van der Waals surface area contributed by atoms with Gasteiger partial charge < -0.3 is 5.11 Å². The summed E-state index contributed by atoms with van der Waals surface area (Å²) in [6.07, 6.45) is 1.07. The molecule has 0 aliphatic carbocycles. The summed E-state index contributed by atoms with van der Waals surface area (Å²) in [6, 6.07) is 5.15. The molecule has 0 fully saturated rings. The highest BCUT2D eigenvalue weighted by Crippen LogP contribution is 2.33. The van der Waals surface area contributed by atoms with Gasteiger partial charge in [0, 0.05) is 24.2 Å². The summed E-state index contributed by atoms with van der Waals surface area (Å²) in [6.45, 7) is 6.21. The minimum absolute atomic E-state index is 0.145. The highest BCUT2D eigenvalue weighted by atomic mass is 35.5. The third-order valence-corrected chi connectivity index (χ3v) is 3.86. The summed E-state index contributed by atoms with van der Waals surface area (Å²) in [4.78, 5) is 0. The molecule has 0 spiro atoms. The van der Waals surface area contributed by atoms with Gasteiger partial charge in [0.25, 0.3) is 0 Å². The number of hydrogen-bond acceptors (Lipinski definition) is 2. The molecular formula is C15H18Cl2N2O. The Bertz CT molecular complexity index is 629. The molecule has 1 heterocycles. The van der Waals surface area contributed by atoms with Crippen molar-refractivity contribution in [3.63, 3.8) is 0 Å². The Morgan fingerprint density at radius 2 is 1.85 bits per heavy atom. The molecule has 0 amide bonds. The Balaban J connectivity index is 2.48. The second-order valence-corrected chi connectivity index (χ2v) is 6.75. The number of aromatic nitrogens is 2. The second kappa shape index (κ2) is 5.40. The Hall–Kier alpha value is -1.03. The Morgan fingerprint density at radius 3 is 2.40 bits per heavy atom. The average Bonchev–Trinajstić information content (AvgIpc) is 2.74. The fourth-order valence-electron chi connectivity index (χ4n) is 2.15. The van der Waals surface area contributed by atoms with Crippen molar-refractivity contribution >= 4 is 23.2 Å². The summed E-state index contributed by atoms with van der Waals surface area (Å²) in [5.74, 6) is 0. The minimum Gasteiger partial charge on any atom is -0.384 e. The largest absolute Gasteiger partial charge is 0.384 e. The molecule has 0 radical (unpaired) electrons. The van der Waals surface area contributed by atoms with Crippen molar-refractivity contribution in [1.82, 2.24) is 9.78 Å². The maximum atomic E-state index is 10.6. The lowest BCUT2D eigenvalue weighted by Gasteiger charge is -2.20. The van der Waals surface area contributed by atoms with Gasteiger partial charge >= 0.3 is 0 Å². The molecule has 1 N–H and O–H groups in total. The van der Waals surface area contributed by atoms with E-state index >= 15 is 0 Å². The van der Waals surface area contributed by atoms with Crippen LogP contribution in [-0.2, 0) is 12.5 Å². The van der Waals surface area contributed by atoms with Crippen LogP contribution in [0.1, 0.15) is 43.7 Å². The Morgan fingerprint density at radius 1 is 1.20 bits per heavy atom. The van der Waals surface area contributed by atoms with E-state index in [4.69, 9.17) is 23.2 Å². The van der Waals surface area contributed by atoms with Crippen LogP contribution in [0.2, 0.25) is 10.0 Å². The van der Waals surface area contributed by atoms with Crippen LogP contribution in [0.4, 0.5) is 0 Å². The van der Waals surface area contributed by atoms with Crippen LogP contribution in [0.5, 0.6) is 0 Å². The van der Waals surface area contributed by atoms with Crippen LogP contribution in [0.25, 0.3) is 0 Å². The zero-order valence-corrected chi connectivity index (χ0v) is 13.5. The molecule has 5 heteroatoms. The van der Waals surface area contributed by atoms with Crippen LogP contribution in [0.3, 0.4) is 0 Å². The van der Waals surface area contributed by atoms with Crippen LogP contribution in [-0.4, -0.2) is 14.9 Å². The molecule has 0 saturated heterocycles. The van der Waals surface area contributed by atoms with Gasteiger partial charge in [-0.3, -0.25) is 4.68 Å². The van der Waals surface area contributed by atoms with Gasteiger partial charge in [-0.15, -0.1) is 0 Å². The fourth-order valence-corrected chi connectivity index (χ4v) is 2.46. The van der Waals surface area contributed by atoms with Crippen LogP contribution in [0, 0.1) is 0 Å². The molecule has 2 aromatic rings. The summed E-state index contributed by atoms with van der Waals surface area (Å²) in [5, 5.41) is 16.0. The lowest BCUT2D eigenvalue weighted by molar-refractivity contribution is 0.217. The molecule has 20 heavy (non-hydrogen) atoms. The predicted molar refractivity (Wildman–Crippen MR) is 82.4 cm³/mol. The van der Waals surface area contributed by atoms with E-state index in [-0.39, 0.29) is 5.41 Å². The highest BCUT2D eigenvalue weighted by molar-refractivity contribution is 6.42. The summed E-state index contributed by atoms with van der Waals surface area (Å²) in [5.41, 5.74) is 2.23. The number of aliphatic hydroxyl groups excluding tert-OH is 1. The Kier molecular flexibility index (Phi) is 4.14. The van der Waals surface area contributed by atoms with E-state index in [1.165, 1.54) is 0 Å². The van der Waals surface area contributed by atoms with Crippen molar-refractivity contribution in [3.05, 3.63) is 51.3 Å². The van der Waals surface area contributed by atoms with Gasteiger partial charge in [0.15, 0.2) is 0 Å². The number of rotatable bonds is 2. The Labute approximate surface area is 129 Å².